The van der Waals surface area contributed by atoms with Crippen molar-refractivity contribution in [1.29, 1.82) is 0 Å². The summed E-state index contributed by atoms with van der Waals surface area (Å²) in [6.07, 6.45) is 14.0. The van der Waals surface area contributed by atoms with Crippen LogP contribution in [-0.4, -0.2) is 36.0 Å². The van der Waals surface area contributed by atoms with Crippen LogP contribution in [0.3, 0.4) is 0 Å². The van der Waals surface area contributed by atoms with Gasteiger partial charge in [-0.1, -0.05) is 34.1 Å². The van der Waals surface area contributed by atoms with E-state index in [4.69, 9.17) is 9.84 Å². The first-order chi connectivity index (χ1) is 15.7. The van der Waals surface area contributed by atoms with E-state index >= 15 is 0 Å². The predicted octanol–water partition coefficient (Wildman–Crippen LogP) is 5.98. The van der Waals surface area contributed by atoms with Gasteiger partial charge in [-0.25, -0.2) is 0 Å². The molecule has 0 saturated heterocycles. The maximum atomic E-state index is 12.9. The van der Waals surface area contributed by atoms with Crippen molar-refractivity contribution in [1.82, 2.24) is 0 Å². The summed E-state index contributed by atoms with van der Waals surface area (Å²) in [4.78, 5) is 12.9. The fraction of sp³-hybridized carbons (Fsp3) is 0.966. The quantitative estimate of drug-likeness (QED) is 0.495. The lowest BCUT2D eigenvalue weighted by Crippen LogP contribution is -2.61. The van der Waals surface area contributed by atoms with E-state index < -0.39 is 0 Å². The van der Waals surface area contributed by atoms with Crippen molar-refractivity contribution in [2.45, 2.75) is 111 Å². The molecule has 5 rings (SSSR count). The summed E-state index contributed by atoms with van der Waals surface area (Å²) in [6.45, 7) is 9.77. The zero-order chi connectivity index (χ0) is 24.0. The Morgan fingerprint density at radius 2 is 1.55 bits per heavy atom. The number of carbonyl (C=O) groups excluding carboxylic acids is 1. The minimum absolute atomic E-state index is 0.0940. The van der Waals surface area contributed by atoms with Crippen LogP contribution in [0, 0.1) is 51.8 Å². The third kappa shape index (κ3) is 3.81. The monoisotopic (exact) mass is 462 g/mol. The number of aliphatic hydroxyl groups is 2. The average Bonchev–Trinajstić information content (AvgIpc) is 3.27. The van der Waals surface area contributed by atoms with E-state index in [2.05, 4.69) is 20.8 Å². The van der Waals surface area contributed by atoms with Gasteiger partial charge >= 0.3 is 5.97 Å². The smallest absolute Gasteiger partial charge is 0.312 e. The van der Waals surface area contributed by atoms with Crippen molar-refractivity contribution in [3.05, 3.63) is 0 Å². The molecule has 0 bridgehead atoms. The number of carbonyl (C=O) groups is 1. The van der Waals surface area contributed by atoms with Crippen LogP contribution >= 0.6 is 0 Å². The van der Waals surface area contributed by atoms with E-state index in [-0.39, 0.29) is 17.5 Å². The molecular weight excluding hydrogens is 412 g/mol. The van der Waals surface area contributed by atoms with E-state index in [1.165, 1.54) is 51.4 Å². The molecule has 2 N–H and O–H groups in total. The molecule has 10 atom stereocenters. The van der Waals surface area contributed by atoms with Gasteiger partial charge in [0.05, 0.1) is 18.6 Å². The number of fused-ring (bicyclic) bond motifs is 7. The van der Waals surface area contributed by atoms with Gasteiger partial charge in [-0.05, 0) is 117 Å². The molecule has 190 valence electrons. The zero-order valence-corrected chi connectivity index (χ0v) is 21.9. The van der Waals surface area contributed by atoms with Crippen LogP contribution in [-0.2, 0) is 9.53 Å². The molecule has 0 amide bonds. The summed E-state index contributed by atoms with van der Waals surface area (Å²) >= 11 is 0. The van der Waals surface area contributed by atoms with Crippen LogP contribution in [0.4, 0.5) is 0 Å². The van der Waals surface area contributed by atoms with Gasteiger partial charge in [0.15, 0.2) is 0 Å². The molecule has 0 aromatic carbocycles. The van der Waals surface area contributed by atoms with E-state index in [0.717, 1.165) is 43.4 Å². The Hall–Kier alpha value is -0.610. The second kappa shape index (κ2) is 9.45. The van der Waals surface area contributed by atoms with E-state index in [1.54, 1.807) is 7.11 Å². The van der Waals surface area contributed by atoms with Gasteiger partial charge in [-0.3, -0.25) is 4.79 Å². The predicted molar refractivity (Wildman–Crippen MR) is 131 cm³/mol. The van der Waals surface area contributed by atoms with Gasteiger partial charge in [0.1, 0.15) is 0 Å². The van der Waals surface area contributed by atoms with Crippen molar-refractivity contribution in [3.63, 3.8) is 0 Å². The second-order valence-corrected chi connectivity index (χ2v) is 12.9. The average molecular weight is 463 g/mol. The molecule has 0 aliphatic heterocycles. The van der Waals surface area contributed by atoms with Crippen LogP contribution in [0.25, 0.3) is 0 Å². The molecule has 4 heteroatoms. The van der Waals surface area contributed by atoms with Crippen LogP contribution < -0.4 is 0 Å². The Bertz CT molecular complexity index is 706. The molecule has 5 saturated carbocycles. The molecule has 5 fully saturated rings. The molecular formula is C29H50O4. The fourth-order valence-electron chi connectivity index (χ4n) is 10.4. The molecule has 0 aromatic heterocycles. The number of hydrogen-bond donors (Lipinski definition) is 2. The van der Waals surface area contributed by atoms with Gasteiger partial charge in [0.25, 0.3) is 0 Å². The first-order valence-electron chi connectivity index (χ1n) is 14.1. The second-order valence-electron chi connectivity index (χ2n) is 12.9. The lowest BCUT2D eigenvalue weighted by molar-refractivity contribution is -0.200. The Kier molecular flexibility index (Phi) is 7.30. The highest BCUT2D eigenvalue weighted by atomic mass is 16.5. The molecule has 9 unspecified atom stereocenters. The van der Waals surface area contributed by atoms with Gasteiger partial charge in [-0.15, -0.1) is 0 Å². The molecule has 33 heavy (non-hydrogen) atoms. The molecule has 0 heterocycles. The number of methoxy groups -OCH3 is 1. The number of esters is 1. The van der Waals surface area contributed by atoms with Gasteiger partial charge in [0.2, 0.25) is 0 Å². The van der Waals surface area contributed by atoms with Crippen molar-refractivity contribution in [2.24, 2.45) is 51.8 Å². The van der Waals surface area contributed by atoms with E-state index in [9.17, 15) is 9.90 Å². The van der Waals surface area contributed by atoms with Crippen LogP contribution in [0.15, 0.2) is 0 Å². The minimum Gasteiger partial charge on any atom is -0.469 e. The Labute approximate surface area is 202 Å². The van der Waals surface area contributed by atoms with Crippen molar-refractivity contribution in [2.75, 3.05) is 13.7 Å². The van der Waals surface area contributed by atoms with Crippen molar-refractivity contribution in [3.8, 4) is 0 Å². The normalized spacial score (nSPS) is 50.6. The van der Waals surface area contributed by atoms with Crippen LogP contribution in [0.2, 0.25) is 0 Å². The first kappa shape index (κ1) is 25.5. The molecule has 0 radical (unpaired) electrons. The Balaban J connectivity index is 0.000000601. The fourth-order valence-corrected chi connectivity index (χ4v) is 10.4. The van der Waals surface area contributed by atoms with Gasteiger partial charge < -0.3 is 14.9 Å². The van der Waals surface area contributed by atoms with E-state index in [1.807, 2.05) is 6.92 Å². The largest absolute Gasteiger partial charge is 0.469 e. The summed E-state index contributed by atoms with van der Waals surface area (Å²) in [7, 11) is 1.59. The molecule has 0 spiro atoms. The SMILES string of the molecule is CCCO.COC(=O)C12CCCC1C1CCC3C(C)(CCC4C(C)[C@@H](O)CCC43C)C1CC2. The number of rotatable bonds is 2. The molecule has 4 nitrogen and oxygen atoms in total. The first-order valence-corrected chi connectivity index (χ1v) is 14.1. The maximum Gasteiger partial charge on any atom is 0.312 e. The Morgan fingerprint density at radius 1 is 0.909 bits per heavy atom. The molecule has 5 aliphatic rings. The highest BCUT2D eigenvalue weighted by molar-refractivity contribution is 5.77. The summed E-state index contributed by atoms with van der Waals surface area (Å²) in [5.74, 6) is 4.08. The summed E-state index contributed by atoms with van der Waals surface area (Å²) in [6, 6.07) is 0. The van der Waals surface area contributed by atoms with Crippen molar-refractivity contribution < 1.29 is 19.7 Å². The number of ether oxygens (including phenoxy) is 1. The number of hydrogen-bond acceptors (Lipinski definition) is 4. The summed E-state index contributed by atoms with van der Waals surface area (Å²) in [5.41, 5.74) is 0.647. The maximum absolute atomic E-state index is 12.9. The highest BCUT2D eigenvalue weighted by Crippen LogP contribution is 2.71. The molecule has 0 aromatic rings. The standard InChI is InChI=1S/C26H42O3.C3H8O/c1-16-18-9-13-25(3)19-10-15-26(23(28)29-4)12-5-6-20(26)17(19)7-8-22(25)24(18,2)14-11-21(16)27;1-2-3-4/h16-22,27H,5-15H2,1-4H3;4H,2-3H2,1H3/t16?,17?,18?,19?,20?,21-,22?,24?,25?,26?;/m0./s1. The molecule has 5 aliphatic carbocycles. The Morgan fingerprint density at radius 3 is 2.21 bits per heavy atom. The van der Waals surface area contributed by atoms with Gasteiger partial charge in [-0.2, -0.15) is 0 Å². The minimum atomic E-state index is -0.163. The number of aliphatic hydroxyl groups excluding tert-OH is 2. The third-order valence-electron chi connectivity index (χ3n) is 11.9. The van der Waals surface area contributed by atoms with E-state index in [0.29, 0.717) is 35.2 Å². The lowest BCUT2D eigenvalue weighted by atomic mass is 9.37. The topological polar surface area (TPSA) is 66.8 Å². The van der Waals surface area contributed by atoms with Crippen LogP contribution in [0.1, 0.15) is 105 Å². The summed E-state index contributed by atoms with van der Waals surface area (Å²) < 4.78 is 5.35. The zero-order valence-electron chi connectivity index (χ0n) is 21.9. The van der Waals surface area contributed by atoms with Crippen LogP contribution in [0.5, 0.6) is 0 Å². The highest BCUT2D eigenvalue weighted by Gasteiger charge is 2.66. The van der Waals surface area contributed by atoms with Crippen molar-refractivity contribution >= 4 is 5.97 Å². The lowest BCUT2D eigenvalue weighted by Gasteiger charge is -2.67. The third-order valence-corrected chi connectivity index (χ3v) is 11.9. The van der Waals surface area contributed by atoms with Gasteiger partial charge in [0, 0.05) is 6.61 Å². The summed E-state index contributed by atoms with van der Waals surface area (Å²) in [5, 5.41) is 18.4.